The highest BCUT2D eigenvalue weighted by Crippen LogP contribution is 2.20. The van der Waals surface area contributed by atoms with E-state index in [4.69, 9.17) is 10.5 Å². The van der Waals surface area contributed by atoms with Crippen molar-refractivity contribution in [2.75, 3.05) is 17.1 Å². The fraction of sp³-hybridized carbons (Fsp3) is 0.143. The van der Waals surface area contributed by atoms with Crippen molar-refractivity contribution in [3.8, 4) is 5.75 Å². The molecule has 0 saturated heterocycles. The Morgan fingerprint density at radius 3 is 2.45 bits per heavy atom. The van der Waals surface area contributed by atoms with E-state index in [0.29, 0.717) is 23.7 Å². The molecule has 0 atom stereocenters. The lowest BCUT2D eigenvalue weighted by molar-refractivity contribution is 0.340. The van der Waals surface area contributed by atoms with Crippen molar-refractivity contribution in [1.29, 1.82) is 0 Å². The minimum atomic E-state index is -3.62. The summed E-state index contributed by atoms with van der Waals surface area (Å²) in [6.07, 6.45) is 0. The van der Waals surface area contributed by atoms with Crippen LogP contribution in [-0.4, -0.2) is 15.0 Å². The Kier molecular flexibility index (Phi) is 4.14. The third kappa shape index (κ3) is 3.42. The zero-order valence-electron chi connectivity index (χ0n) is 11.0. The Balaban J connectivity index is 2.21. The van der Waals surface area contributed by atoms with Crippen molar-refractivity contribution >= 4 is 21.4 Å². The molecule has 3 N–H and O–H groups in total. The first-order chi connectivity index (χ1) is 9.51. The Morgan fingerprint density at radius 1 is 1.15 bits per heavy atom. The van der Waals surface area contributed by atoms with Gasteiger partial charge in [0.15, 0.2) is 0 Å². The number of ether oxygens (including phenoxy) is 1. The quantitative estimate of drug-likeness (QED) is 0.829. The molecule has 2 rings (SSSR count). The first-order valence-electron chi connectivity index (χ1n) is 6.12. The average Bonchev–Trinajstić information content (AvgIpc) is 2.39. The van der Waals surface area contributed by atoms with Gasteiger partial charge in [0.2, 0.25) is 0 Å². The molecule has 20 heavy (non-hydrogen) atoms. The van der Waals surface area contributed by atoms with Crippen LogP contribution in [0.2, 0.25) is 0 Å². The summed E-state index contributed by atoms with van der Waals surface area (Å²) in [6, 6.07) is 12.8. The first-order valence-corrected chi connectivity index (χ1v) is 7.61. The molecule has 0 radical (unpaired) electrons. The molecule has 0 amide bonds. The highest BCUT2D eigenvalue weighted by Gasteiger charge is 2.14. The van der Waals surface area contributed by atoms with E-state index < -0.39 is 10.0 Å². The normalized spacial score (nSPS) is 11.1. The number of sulfonamides is 1. The van der Waals surface area contributed by atoms with Crippen LogP contribution < -0.4 is 15.2 Å². The van der Waals surface area contributed by atoms with Crippen LogP contribution in [0.1, 0.15) is 6.92 Å². The Morgan fingerprint density at radius 2 is 1.85 bits per heavy atom. The number of hydrogen-bond acceptors (Lipinski definition) is 4. The molecule has 5 nitrogen and oxygen atoms in total. The fourth-order valence-electron chi connectivity index (χ4n) is 1.70. The summed E-state index contributed by atoms with van der Waals surface area (Å²) in [4.78, 5) is 0.170. The fourth-order valence-corrected chi connectivity index (χ4v) is 2.75. The second-order valence-electron chi connectivity index (χ2n) is 4.14. The van der Waals surface area contributed by atoms with Gasteiger partial charge in [-0.15, -0.1) is 0 Å². The van der Waals surface area contributed by atoms with Crippen molar-refractivity contribution in [2.45, 2.75) is 11.8 Å². The largest absolute Gasteiger partial charge is 0.494 e. The predicted octanol–water partition coefficient (Wildman–Crippen LogP) is 2.47. The van der Waals surface area contributed by atoms with Gasteiger partial charge in [-0.05, 0) is 49.4 Å². The summed E-state index contributed by atoms with van der Waals surface area (Å²) in [7, 11) is -3.62. The van der Waals surface area contributed by atoms with Gasteiger partial charge in [-0.3, -0.25) is 4.72 Å². The van der Waals surface area contributed by atoms with Crippen LogP contribution in [0.25, 0.3) is 0 Å². The lowest BCUT2D eigenvalue weighted by Crippen LogP contribution is -2.13. The first kappa shape index (κ1) is 14.2. The lowest BCUT2D eigenvalue weighted by atomic mass is 10.3. The minimum absolute atomic E-state index is 0.170. The molecule has 6 heteroatoms. The molecule has 0 saturated carbocycles. The van der Waals surface area contributed by atoms with Gasteiger partial charge in [-0.2, -0.15) is 0 Å². The zero-order chi connectivity index (χ0) is 14.6. The number of nitrogens with two attached hydrogens (primary N) is 1. The van der Waals surface area contributed by atoms with Crippen LogP contribution in [0.4, 0.5) is 11.4 Å². The third-order valence-electron chi connectivity index (χ3n) is 2.58. The second kappa shape index (κ2) is 5.83. The van der Waals surface area contributed by atoms with E-state index in [-0.39, 0.29) is 4.90 Å². The molecular weight excluding hydrogens is 276 g/mol. The summed E-state index contributed by atoms with van der Waals surface area (Å²) in [5.41, 5.74) is 6.54. The number of rotatable bonds is 5. The van der Waals surface area contributed by atoms with Gasteiger partial charge in [-0.1, -0.05) is 6.07 Å². The molecule has 0 aromatic heterocycles. The molecule has 2 aromatic rings. The average molecular weight is 292 g/mol. The number of benzene rings is 2. The van der Waals surface area contributed by atoms with Crippen molar-refractivity contribution in [2.24, 2.45) is 0 Å². The van der Waals surface area contributed by atoms with Crippen LogP contribution in [-0.2, 0) is 10.0 Å². The summed E-state index contributed by atoms with van der Waals surface area (Å²) in [5.74, 6) is 0.635. The van der Waals surface area contributed by atoms with Gasteiger partial charge in [0.25, 0.3) is 10.0 Å². The number of hydrogen-bond donors (Lipinski definition) is 2. The van der Waals surface area contributed by atoms with E-state index in [0.717, 1.165) is 0 Å². The van der Waals surface area contributed by atoms with Crippen LogP contribution in [0, 0.1) is 0 Å². The highest BCUT2D eigenvalue weighted by molar-refractivity contribution is 7.92. The van der Waals surface area contributed by atoms with Gasteiger partial charge in [0.1, 0.15) is 5.75 Å². The molecular formula is C14H16N2O3S. The number of nitrogens with one attached hydrogen (secondary N) is 1. The van der Waals surface area contributed by atoms with Crippen LogP contribution in [0.5, 0.6) is 5.75 Å². The highest BCUT2D eigenvalue weighted by atomic mass is 32.2. The van der Waals surface area contributed by atoms with Crippen molar-refractivity contribution < 1.29 is 13.2 Å². The van der Waals surface area contributed by atoms with Gasteiger partial charge >= 0.3 is 0 Å². The standard InChI is InChI=1S/C14H16N2O3S/c1-2-19-13-6-8-14(9-7-13)20(17,18)16-12-5-3-4-11(15)10-12/h3-10,16H,2,15H2,1H3. The second-order valence-corrected chi connectivity index (χ2v) is 5.82. The smallest absolute Gasteiger partial charge is 0.261 e. The molecule has 0 aliphatic carbocycles. The lowest BCUT2D eigenvalue weighted by Gasteiger charge is -2.09. The van der Waals surface area contributed by atoms with Crippen LogP contribution in [0.15, 0.2) is 53.4 Å². The molecule has 0 fully saturated rings. The topological polar surface area (TPSA) is 81.4 Å². The SMILES string of the molecule is CCOc1ccc(S(=O)(=O)Nc2cccc(N)c2)cc1. The molecule has 0 unspecified atom stereocenters. The van der Waals surface area contributed by atoms with Gasteiger partial charge in [0.05, 0.1) is 17.2 Å². The van der Waals surface area contributed by atoms with E-state index in [1.54, 1.807) is 36.4 Å². The summed E-state index contributed by atoms with van der Waals surface area (Å²) in [5, 5.41) is 0. The molecule has 2 aromatic carbocycles. The number of nitrogen functional groups attached to an aromatic ring is 1. The predicted molar refractivity (Wildman–Crippen MR) is 79.3 cm³/mol. The van der Waals surface area contributed by atoms with Gasteiger partial charge < -0.3 is 10.5 Å². The van der Waals surface area contributed by atoms with Crippen molar-refractivity contribution in [1.82, 2.24) is 0 Å². The maximum Gasteiger partial charge on any atom is 0.261 e. The van der Waals surface area contributed by atoms with Crippen molar-refractivity contribution in [3.05, 3.63) is 48.5 Å². The summed E-state index contributed by atoms with van der Waals surface area (Å²) >= 11 is 0. The van der Waals surface area contributed by atoms with E-state index >= 15 is 0 Å². The Hall–Kier alpha value is -2.21. The number of anilines is 2. The van der Waals surface area contributed by atoms with Gasteiger partial charge in [0, 0.05) is 5.69 Å². The van der Waals surface area contributed by atoms with Gasteiger partial charge in [-0.25, -0.2) is 8.42 Å². The molecule has 0 spiro atoms. The molecule has 0 heterocycles. The third-order valence-corrected chi connectivity index (χ3v) is 3.98. The Labute approximate surface area is 118 Å². The molecule has 0 aliphatic heterocycles. The van der Waals surface area contributed by atoms with E-state index in [9.17, 15) is 8.42 Å². The van der Waals surface area contributed by atoms with Crippen molar-refractivity contribution in [3.63, 3.8) is 0 Å². The van der Waals surface area contributed by atoms with E-state index in [1.807, 2.05) is 6.92 Å². The van der Waals surface area contributed by atoms with E-state index in [2.05, 4.69) is 4.72 Å². The molecule has 0 aliphatic rings. The van der Waals surface area contributed by atoms with E-state index in [1.165, 1.54) is 12.1 Å². The van der Waals surface area contributed by atoms with Crippen LogP contribution >= 0.6 is 0 Å². The monoisotopic (exact) mass is 292 g/mol. The summed E-state index contributed by atoms with van der Waals surface area (Å²) < 4.78 is 32.1. The Bertz CT molecular complexity index is 682. The van der Waals surface area contributed by atoms with Crippen LogP contribution in [0.3, 0.4) is 0 Å². The minimum Gasteiger partial charge on any atom is -0.494 e. The summed E-state index contributed by atoms with van der Waals surface area (Å²) in [6.45, 7) is 2.40. The maximum atomic E-state index is 12.2. The maximum absolute atomic E-state index is 12.2. The molecule has 0 bridgehead atoms. The molecule has 106 valence electrons. The zero-order valence-corrected chi connectivity index (χ0v) is 11.9.